The van der Waals surface area contributed by atoms with E-state index in [0.717, 1.165) is 54.6 Å². The monoisotopic (exact) mass is 725 g/mol. The highest BCUT2D eigenvalue weighted by atomic mass is 16.5. The van der Waals surface area contributed by atoms with E-state index in [1.165, 1.54) is 6.20 Å². The molecular weight excluding hydrogens is 690 g/mol. The molecule has 9 rings (SSSR count). The standard InChI is InChI=1S/C39H35N9O6/c49-34-9-8-32(37(51)43-34)48-38(52)27-7-6-23(17-28(27)39(48)53)3-1-13-45-15-10-26(11-16-45)47-21-25-18-31(33(19-30(25)44-47)54-22-24-4-5-24)42-36(50)29-20-41-46-14-2-12-40-35(29)46/h2,6-7,12,14,17-21,24,26,32H,4-5,8-11,13,15-16,22H2,(H,42,50)(H,43,49,51). The molecule has 3 fully saturated rings. The third kappa shape index (κ3) is 6.34. The van der Waals surface area contributed by atoms with E-state index in [9.17, 15) is 24.0 Å². The lowest BCUT2D eigenvalue weighted by Gasteiger charge is -2.30. The van der Waals surface area contributed by atoms with E-state index in [0.29, 0.717) is 47.3 Å². The smallest absolute Gasteiger partial charge is 0.262 e. The molecule has 0 radical (unpaired) electrons. The first-order valence-electron chi connectivity index (χ1n) is 18.1. The molecule has 1 atom stereocenters. The first-order chi connectivity index (χ1) is 26.3. The minimum Gasteiger partial charge on any atom is -0.491 e. The van der Waals surface area contributed by atoms with Crippen LogP contribution >= 0.6 is 0 Å². The van der Waals surface area contributed by atoms with Crippen LogP contribution < -0.4 is 15.4 Å². The molecule has 0 spiro atoms. The van der Waals surface area contributed by atoms with Crippen molar-refractivity contribution < 1.29 is 28.7 Å². The van der Waals surface area contributed by atoms with Gasteiger partial charge in [-0.2, -0.15) is 10.2 Å². The maximum Gasteiger partial charge on any atom is 0.262 e. The van der Waals surface area contributed by atoms with Crippen LogP contribution in [-0.4, -0.2) is 96.0 Å². The van der Waals surface area contributed by atoms with Crippen LogP contribution in [0.15, 0.2) is 61.2 Å². The molecule has 6 heterocycles. The summed E-state index contributed by atoms with van der Waals surface area (Å²) in [6.07, 6.45) is 11.1. The third-order valence-corrected chi connectivity index (χ3v) is 10.5. The summed E-state index contributed by atoms with van der Waals surface area (Å²) in [7, 11) is 0. The number of ether oxygens (including phenoxy) is 1. The number of nitrogens with zero attached hydrogens (tertiary/aromatic N) is 7. The van der Waals surface area contributed by atoms with Crippen LogP contribution in [0.25, 0.3) is 16.6 Å². The van der Waals surface area contributed by atoms with Crippen molar-refractivity contribution >= 4 is 51.8 Å². The molecule has 1 unspecified atom stereocenters. The van der Waals surface area contributed by atoms with Gasteiger partial charge in [-0.05, 0) is 68.4 Å². The van der Waals surface area contributed by atoms with Crippen molar-refractivity contribution in [3.05, 3.63) is 83.4 Å². The lowest BCUT2D eigenvalue weighted by molar-refractivity contribution is -0.136. The van der Waals surface area contributed by atoms with Gasteiger partial charge in [0.25, 0.3) is 17.7 Å². The molecule has 1 saturated carbocycles. The molecule has 4 aliphatic rings. The first kappa shape index (κ1) is 33.4. The molecule has 3 aliphatic heterocycles. The van der Waals surface area contributed by atoms with E-state index in [-0.39, 0.29) is 35.9 Å². The van der Waals surface area contributed by atoms with Gasteiger partial charge >= 0.3 is 0 Å². The Morgan fingerprint density at radius 2 is 1.83 bits per heavy atom. The molecule has 2 N–H and O–H groups in total. The summed E-state index contributed by atoms with van der Waals surface area (Å²) < 4.78 is 9.78. The van der Waals surface area contributed by atoms with Gasteiger partial charge in [-0.1, -0.05) is 11.8 Å². The van der Waals surface area contributed by atoms with E-state index in [4.69, 9.17) is 9.84 Å². The summed E-state index contributed by atoms with van der Waals surface area (Å²) in [5.74, 6) is 4.98. The summed E-state index contributed by atoms with van der Waals surface area (Å²) in [5, 5.41) is 15.3. The van der Waals surface area contributed by atoms with Crippen LogP contribution in [0.2, 0.25) is 0 Å². The van der Waals surface area contributed by atoms with E-state index in [1.807, 2.05) is 23.0 Å². The van der Waals surface area contributed by atoms with Crippen molar-refractivity contribution in [1.82, 2.24) is 39.5 Å². The second-order valence-electron chi connectivity index (χ2n) is 14.2. The predicted molar refractivity (Wildman–Crippen MR) is 194 cm³/mol. The summed E-state index contributed by atoms with van der Waals surface area (Å²) in [6, 6.07) is 9.63. The van der Waals surface area contributed by atoms with Crippen molar-refractivity contribution in [2.24, 2.45) is 5.92 Å². The Morgan fingerprint density at radius 3 is 2.65 bits per heavy atom. The molecule has 2 aromatic carbocycles. The summed E-state index contributed by atoms with van der Waals surface area (Å²) in [5.41, 5.74) is 3.25. The highest BCUT2D eigenvalue weighted by molar-refractivity contribution is 6.23. The van der Waals surface area contributed by atoms with E-state index in [2.05, 4.69) is 37.5 Å². The number of benzene rings is 2. The van der Waals surface area contributed by atoms with Crippen LogP contribution in [0.3, 0.4) is 0 Å². The zero-order valence-corrected chi connectivity index (χ0v) is 29.2. The average molecular weight is 726 g/mol. The molecule has 15 heteroatoms. The average Bonchev–Trinajstić information content (AvgIpc) is 3.67. The third-order valence-electron chi connectivity index (χ3n) is 10.5. The Labute approximate surface area is 308 Å². The van der Waals surface area contributed by atoms with Gasteiger partial charge in [0.2, 0.25) is 11.8 Å². The largest absolute Gasteiger partial charge is 0.491 e. The number of hydrogen-bond donors (Lipinski definition) is 2. The topological polar surface area (TPSA) is 173 Å². The number of hydrogen-bond acceptors (Lipinski definition) is 10. The van der Waals surface area contributed by atoms with Gasteiger partial charge in [0.1, 0.15) is 17.4 Å². The Hall–Kier alpha value is -6.40. The molecule has 54 heavy (non-hydrogen) atoms. The molecular formula is C39H35N9O6. The quantitative estimate of drug-likeness (QED) is 0.179. The normalized spacial score (nSPS) is 19.2. The number of anilines is 1. The van der Waals surface area contributed by atoms with Crippen molar-refractivity contribution in [3.8, 4) is 17.6 Å². The van der Waals surface area contributed by atoms with Crippen LogP contribution in [0.1, 0.15) is 81.2 Å². The molecule has 5 amide bonds. The van der Waals surface area contributed by atoms with Gasteiger partial charge in [0.05, 0.1) is 47.7 Å². The van der Waals surface area contributed by atoms with Gasteiger partial charge < -0.3 is 10.1 Å². The number of carbonyl (C=O) groups is 5. The minimum absolute atomic E-state index is 0.0689. The number of piperidine rings is 2. The number of nitrogens with one attached hydrogen (secondary N) is 2. The number of carbonyl (C=O) groups excluding carboxylic acids is 5. The zero-order valence-electron chi connectivity index (χ0n) is 29.2. The number of rotatable bonds is 8. The highest BCUT2D eigenvalue weighted by Gasteiger charge is 2.44. The summed E-state index contributed by atoms with van der Waals surface area (Å²) in [4.78, 5) is 71.0. The maximum absolute atomic E-state index is 13.4. The van der Waals surface area contributed by atoms with Crippen molar-refractivity contribution in [2.75, 3.05) is 31.6 Å². The van der Waals surface area contributed by atoms with Crippen LogP contribution in [0.4, 0.5) is 5.69 Å². The lowest BCUT2D eigenvalue weighted by atomic mass is 10.0. The zero-order chi connectivity index (χ0) is 36.9. The number of fused-ring (bicyclic) bond motifs is 3. The fourth-order valence-electron chi connectivity index (χ4n) is 7.29. The molecule has 2 saturated heterocycles. The van der Waals surface area contributed by atoms with E-state index >= 15 is 0 Å². The second kappa shape index (κ2) is 13.5. The van der Waals surface area contributed by atoms with Gasteiger partial charge in [-0.3, -0.25) is 43.8 Å². The first-order valence-corrected chi connectivity index (χ1v) is 18.1. The Morgan fingerprint density at radius 1 is 1.00 bits per heavy atom. The fraction of sp³-hybridized carbons (Fsp3) is 0.333. The molecule has 5 aromatic rings. The van der Waals surface area contributed by atoms with Gasteiger partial charge in [0, 0.05) is 55.1 Å². The second-order valence-corrected chi connectivity index (χ2v) is 14.2. The van der Waals surface area contributed by atoms with Crippen molar-refractivity contribution in [2.45, 2.75) is 50.6 Å². The highest BCUT2D eigenvalue weighted by Crippen LogP contribution is 2.36. The van der Waals surface area contributed by atoms with Crippen molar-refractivity contribution in [3.63, 3.8) is 0 Å². The lowest BCUT2D eigenvalue weighted by Crippen LogP contribution is -2.54. The molecule has 15 nitrogen and oxygen atoms in total. The summed E-state index contributed by atoms with van der Waals surface area (Å²) >= 11 is 0. The summed E-state index contributed by atoms with van der Waals surface area (Å²) in [6.45, 7) is 2.76. The van der Waals surface area contributed by atoms with Gasteiger partial charge in [-0.25, -0.2) is 9.50 Å². The predicted octanol–water partition coefficient (Wildman–Crippen LogP) is 3.21. The number of amides is 5. The number of likely N-dealkylation sites (tertiary alicyclic amines) is 1. The van der Waals surface area contributed by atoms with Crippen LogP contribution in [0.5, 0.6) is 5.75 Å². The SMILES string of the molecule is O=C1CCC(N2C(=O)c3ccc(C#CCN4CCC(n5cc6cc(NC(=O)c7cnn8cccnc78)c(OCC7CC7)cc6n5)CC4)cc3C2=O)C(=O)N1. The van der Waals surface area contributed by atoms with Crippen LogP contribution in [0, 0.1) is 17.8 Å². The Balaban J connectivity index is 0.846. The Kier molecular flexibility index (Phi) is 8.38. The Bertz CT molecular complexity index is 2450. The molecule has 272 valence electrons. The van der Waals surface area contributed by atoms with E-state index < -0.39 is 29.7 Å². The molecule has 0 bridgehead atoms. The van der Waals surface area contributed by atoms with Gasteiger partial charge in [0.15, 0.2) is 5.65 Å². The van der Waals surface area contributed by atoms with Gasteiger partial charge in [-0.15, -0.1) is 0 Å². The fourth-order valence-corrected chi connectivity index (χ4v) is 7.29. The van der Waals surface area contributed by atoms with Crippen molar-refractivity contribution in [1.29, 1.82) is 0 Å². The number of aromatic nitrogens is 5. The number of imide groups is 2. The maximum atomic E-state index is 13.4. The van der Waals surface area contributed by atoms with E-state index in [1.54, 1.807) is 41.2 Å². The molecule has 3 aromatic heterocycles. The molecule has 1 aliphatic carbocycles. The van der Waals surface area contributed by atoms with Crippen LogP contribution in [-0.2, 0) is 9.59 Å². The minimum atomic E-state index is -1.01.